The number of ether oxygens (including phenoxy) is 2. The third-order valence-electron chi connectivity index (χ3n) is 7.54. The average Bonchev–Trinajstić information content (AvgIpc) is 3.17. The molecule has 0 aliphatic carbocycles. The molecule has 0 spiro atoms. The number of rotatable bonds is 5. The van der Waals surface area contributed by atoms with Gasteiger partial charge in [0, 0.05) is 30.8 Å². The van der Waals surface area contributed by atoms with Crippen LogP contribution in [-0.2, 0) is 31.4 Å². The topological polar surface area (TPSA) is 55.8 Å². The van der Waals surface area contributed by atoms with E-state index in [2.05, 4.69) is 0 Å². The number of amides is 1. The third-order valence-corrected chi connectivity index (χ3v) is 7.54. The lowest BCUT2D eigenvalue weighted by Crippen LogP contribution is -2.57. The number of hydrogen-bond acceptors (Lipinski definition) is 4. The van der Waals surface area contributed by atoms with Gasteiger partial charge in [0.15, 0.2) is 6.10 Å². The first-order valence-corrected chi connectivity index (χ1v) is 12.6. The van der Waals surface area contributed by atoms with Crippen LogP contribution in [0.25, 0.3) is 0 Å². The number of piperidine rings is 1. The fourth-order valence-electron chi connectivity index (χ4n) is 5.69. The van der Waals surface area contributed by atoms with Crippen LogP contribution in [0.4, 0.5) is 30.7 Å². The smallest absolute Gasteiger partial charge is 0.416 e. The summed E-state index contributed by atoms with van der Waals surface area (Å²) in [4.78, 5) is 26.7. The van der Waals surface area contributed by atoms with Crippen molar-refractivity contribution in [3.63, 3.8) is 0 Å². The maximum atomic E-state index is 13.7. The summed E-state index contributed by atoms with van der Waals surface area (Å²) in [5.74, 6) is -2.23. The molecule has 5 nitrogen and oxygen atoms in total. The van der Waals surface area contributed by atoms with Crippen LogP contribution in [0.3, 0.4) is 0 Å². The van der Waals surface area contributed by atoms with Crippen molar-refractivity contribution >= 4 is 11.9 Å². The number of esters is 1. The Kier molecular flexibility index (Phi) is 7.72. The second-order valence-corrected chi connectivity index (χ2v) is 11.0. The number of alkyl halides is 6. The van der Waals surface area contributed by atoms with Crippen LogP contribution < -0.4 is 0 Å². The fraction of sp³-hybridized carbons (Fsp3) is 0.500. The summed E-state index contributed by atoms with van der Waals surface area (Å²) in [7, 11) is 0. The highest BCUT2D eigenvalue weighted by Crippen LogP contribution is 2.48. The van der Waals surface area contributed by atoms with Gasteiger partial charge in [-0.3, -0.25) is 9.59 Å². The Balaban J connectivity index is 1.72. The number of carbonyl (C=O) groups is 2. The van der Waals surface area contributed by atoms with Crippen LogP contribution in [0, 0.1) is 11.2 Å². The summed E-state index contributed by atoms with van der Waals surface area (Å²) in [6.07, 6.45) is -12.9. The van der Waals surface area contributed by atoms with Crippen molar-refractivity contribution in [3.05, 3.63) is 70.5 Å². The van der Waals surface area contributed by atoms with E-state index >= 15 is 0 Å². The molecule has 0 radical (unpaired) electrons. The third kappa shape index (κ3) is 5.96. The summed E-state index contributed by atoms with van der Waals surface area (Å²) in [6, 6.07) is 6.21. The fourth-order valence-corrected chi connectivity index (χ4v) is 5.69. The van der Waals surface area contributed by atoms with E-state index in [1.807, 2.05) is 0 Å². The van der Waals surface area contributed by atoms with Crippen LogP contribution in [0.15, 0.2) is 42.5 Å². The Morgan fingerprint density at radius 2 is 1.55 bits per heavy atom. The zero-order valence-electron chi connectivity index (χ0n) is 22.1. The molecule has 40 heavy (non-hydrogen) atoms. The van der Waals surface area contributed by atoms with Gasteiger partial charge in [-0.25, -0.2) is 4.39 Å². The van der Waals surface area contributed by atoms with Gasteiger partial charge in [-0.05, 0) is 54.8 Å². The molecule has 2 saturated heterocycles. The number of hydrogen-bond donors (Lipinski definition) is 0. The molecule has 218 valence electrons. The van der Waals surface area contributed by atoms with Crippen molar-refractivity contribution in [3.8, 4) is 0 Å². The van der Waals surface area contributed by atoms with Gasteiger partial charge in [0.25, 0.3) is 5.91 Å². The van der Waals surface area contributed by atoms with Crippen molar-refractivity contribution in [2.45, 2.75) is 76.7 Å². The standard InChI is InChI=1S/C28H28F7NO4/c1-14(17-9-18(27(30,31)32)11-19(10-17)28(33,34)35)39-22-13-36-21(23(22)16-5-7-20(29)8-6-16)12-26(3,4)24(25(36)38)40-15(2)37/h5-11,14,21-24H,12-13H2,1-4H3/t14-,21?,22?,23?,24?/m1/s1. The van der Waals surface area contributed by atoms with E-state index in [4.69, 9.17) is 9.47 Å². The summed E-state index contributed by atoms with van der Waals surface area (Å²) in [5.41, 5.74) is -3.48. The Labute approximate surface area is 226 Å². The Bertz CT molecular complexity index is 1240. The molecule has 1 amide bonds. The minimum absolute atomic E-state index is 0.0449. The highest BCUT2D eigenvalue weighted by Gasteiger charge is 2.56. The zero-order valence-corrected chi connectivity index (χ0v) is 22.1. The van der Waals surface area contributed by atoms with Gasteiger partial charge in [-0.1, -0.05) is 26.0 Å². The maximum absolute atomic E-state index is 13.7. The summed E-state index contributed by atoms with van der Waals surface area (Å²) in [6.45, 7) is 5.97. The summed E-state index contributed by atoms with van der Waals surface area (Å²) in [5, 5.41) is 0. The first kappa shape index (κ1) is 29.8. The molecular formula is C28H28F7NO4. The quantitative estimate of drug-likeness (QED) is 0.296. The molecule has 2 fully saturated rings. The molecule has 2 aromatic rings. The molecule has 2 aliphatic heterocycles. The lowest BCUT2D eigenvalue weighted by Gasteiger charge is -2.45. The van der Waals surface area contributed by atoms with Gasteiger partial charge >= 0.3 is 18.3 Å². The predicted molar refractivity (Wildman–Crippen MR) is 128 cm³/mol. The number of carbonyl (C=O) groups excluding carboxylic acids is 2. The molecule has 4 rings (SSSR count). The van der Waals surface area contributed by atoms with Gasteiger partial charge in [-0.2, -0.15) is 26.3 Å². The SMILES string of the molecule is CC(=O)OC1C(=O)N2CC(O[C@H](C)c3cc(C(F)(F)F)cc(C(F)(F)F)c3)C(c3ccc(F)cc3)C2CC1(C)C. The monoisotopic (exact) mass is 575 g/mol. The van der Waals surface area contributed by atoms with Crippen molar-refractivity contribution in [1.82, 2.24) is 4.90 Å². The van der Waals surface area contributed by atoms with Gasteiger partial charge in [0.1, 0.15) is 5.82 Å². The molecule has 2 aliphatic rings. The second-order valence-electron chi connectivity index (χ2n) is 11.0. The maximum Gasteiger partial charge on any atom is 0.416 e. The Morgan fingerprint density at radius 3 is 2.05 bits per heavy atom. The minimum Gasteiger partial charge on any atom is -0.452 e. The normalized spacial score (nSPS) is 25.5. The lowest BCUT2D eigenvalue weighted by molar-refractivity contribution is -0.174. The van der Waals surface area contributed by atoms with E-state index in [0.717, 1.165) is 0 Å². The highest BCUT2D eigenvalue weighted by molar-refractivity contribution is 5.86. The van der Waals surface area contributed by atoms with E-state index in [1.54, 1.807) is 13.8 Å². The first-order chi connectivity index (χ1) is 18.4. The molecule has 4 unspecified atom stereocenters. The van der Waals surface area contributed by atoms with Gasteiger partial charge < -0.3 is 14.4 Å². The van der Waals surface area contributed by atoms with E-state index < -0.39 is 76.9 Å². The predicted octanol–water partition coefficient (Wildman–Crippen LogP) is 6.67. The molecule has 0 aromatic heterocycles. The van der Waals surface area contributed by atoms with Crippen LogP contribution >= 0.6 is 0 Å². The second kappa shape index (κ2) is 10.4. The Hall–Kier alpha value is -3.15. The number of halogens is 7. The number of benzene rings is 2. The molecule has 12 heteroatoms. The largest absolute Gasteiger partial charge is 0.452 e. The van der Waals surface area contributed by atoms with E-state index in [1.165, 1.54) is 43.0 Å². The minimum atomic E-state index is -5.02. The summed E-state index contributed by atoms with van der Waals surface area (Å²) < 4.78 is 106. The highest BCUT2D eigenvalue weighted by atomic mass is 19.4. The zero-order chi connectivity index (χ0) is 29.8. The van der Waals surface area contributed by atoms with Crippen molar-refractivity contribution in [1.29, 1.82) is 0 Å². The van der Waals surface area contributed by atoms with Crippen molar-refractivity contribution in [2.24, 2.45) is 5.41 Å². The molecule has 2 aromatic carbocycles. The molecule has 0 saturated carbocycles. The van der Waals surface area contributed by atoms with Gasteiger partial charge in [0.2, 0.25) is 0 Å². The van der Waals surface area contributed by atoms with Crippen LogP contribution in [0.5, 0.6) is 0 Å². The van der Waals surface area contributed by atoms with E-state index in [0.29, 0.717) is 24.1 Å². The Morgan fingerprint density at radius 1 is 1.00 bits per heavy atom. The van der Waals surface area contributed by atoms with Gasteiger partial charge in [-0.15, -0.1) is 0 Å². The molecule has 0 bridgehead atoms. The van der Waals surface area contributed by atoms with Crippen molar-refractivity contribution in [2.75, 3.05) is 6.54 Å². The van der Waals surface area contributed by atoms with E-state index in [-0.39, 0.29) is 18.2 Å². The van der Waals surface area contributed by atoms with Crippen LogP contribution in [-0.4, -0.2) is 41.6 Å². The number of nitrogens with zero attached hydrogens (tertiary/aromatic N) is 1. The van der Waals surface area contributed by atoms with E-state index in [9.17, 15) is 40.3 Å². The number of fused-ring (bicyclic) bond motifs is 1. The average molecular weight is 576 g/mol. The molecular weight excluding hydrogens is 547 g/mol. The molecule has 0 N–H and O–H groups in total. The van der Waals surface area contributed by atoms with Crippen LogP contribution in [0.2, 0.25) is 0 Å². The van der Waals surface area contributed by atoms with Gasteiger partial charge in [0.05, 0.1) is 23.3 Å². The van der Waals surface area contributed by atoms with Crippen molar-refractivity contribution < 1.29 is 49.8 Å². The molecule has 2 heterocycles. The lowest BCUT2D eigenvalue weighted by atomic mass is 9.72. The first-order valence-electron chi connectivity index (χ1n) is 12.6. The van der Waals surface area contributed by atoms with Crippen LogP contribution in [0.1, 0.15) is 68.4 Å². The molecule has 5 atom stereocenters. The summed E-state index contributed by atoms with van der Waals surface area (Å²) >= 11 is 0.